The fourth-order valence-corrected chi connectivity index (χ4v) is 1.91. The molecule has 1 aromatic heterocycles. The van der Waals surface area contributed by atoms with Gasteiger partial charge in [0.1, 0.15) is 5.76 Å². The first-order valence-electron chi connectivity index (χ1n) is 6.10. The van der Waals surface area contributed by atoms with Crippen molar-refractivity contribution in [3.8, 4) is 0 Å². The van der Waals surface area contributed by atoms with Crippen molar-refractivity contribution in [1.29, 1.82) is 0 Å². The molecule has 1 aromatic carbocycles. The van der Waals surface area contributed by atoms with E-state index in [4.69, 9.17) is 21.8 Å². The minimum Gasteiger partial charge on any atom is -0.468 e. The molecule has 0 radical (unpaired) electrons. The number of amides is 1. The molecule has 0 bridgehead atoms. The molecule has 0 aliphatic carbocycles. The predicted molar refractivity (Wildman–Crippen MR) is 79.5 cm³/mol. The Balaban J connectivity index is 1.87. The highest BCUT2D eigenvalue weighted by molar-refractivity contribution is 6.33. The van der Waals surface area contributed by atoms with Gasteiger partial charge in [-0.15, -0.1) is 0 Å². The van der Waals surface area contributed by atoms with Gasteiger partial charge in [-0.05, 0) is 37.4 Å². The van der Waals surface area contributed by atoms with E-state index in [0.29, 0.717) is 22.9 Å². The molecule has 0 aliphatic heterocycles. The van der Waals surface area contributed by atoms with Gasteiger partial charge in [-0.1, -0.05) is 11.6 Å². The lowest BCUT2D eigenvalue weighted by Crippen LogP contribution is -2.29. The van der Waals surface area contributed by atoms with Gasteiger partial charge in [0.15, 0.2) is 0 Å². The average molecular weight is 294 g/mol. The zero-order valence-electron chi connectivity index (χ0n) is 11.1. The third kappa shape index (κ3) is 4.01. The standard InChI is InChI=1S/C14H16ClN3O2/c1-18(8-11-3-2-6-20-11)9-14(19)17-10-4-5-12(15)13(16)7-10/h2-7H,8-9,16H2,1H3,(H,17,19). The molecule has 0 saturated carbocycles. The maximum Gasteiger partial charge on any atom is 0.238 e. The number of nitrogens with zero attached hydrogens (tertiary/aromatic N) is 1. The molecule has 0 aliphatic rings. The number of nitrogens with two attached hydrogens (primary N) is 1. The van der Waals surface area contributed by atoms with Crippen molar-refractivity contribution in [2.24, 2.45) is 0 Å². The number of halogens is 1. The summed E-state index contributed by atoms with van der Waals surface area (Å²) in [6.07, 6.45) is 1.61. The van der Waals surface area contributed by atoms with Crippen LogP contribution in [0.4, 0.5) is 11.4 Å². The fourth-order valence-electron chi connectivity index (χ4n) is 1.79. The maximum absolute atomic E-state index is 11.9. The number of rotatable bonds is 5. The third-order valence-electron chi connectivity index (χ3n) is 2.70. The van der Waals surface area contributed by atoms with Crippen LogP contribution in [0, 0.1) is 0 Å². The number of likely N-dealkylation sites (N-methyl/N-ethyl adjacent to an activating group) is 1. The lowest BCUT2D eigenvalue weighted by atomic mass is 10.3. The second kappa shape index (κ2) is 6.45. The second-order valence-corrected chi connectivity index (χ2v) is 4.94. The van der Waals surface area contributed by atoms with Gasteiger partial charge in [0.05, 0.1) is 30.1 Å². The number of benzene rings is 1. The molecule has 106 valence electrons. The van der Waals surface area contributed by atoms with E-state index in [2.05, 4.69) is 5.32 Å². The Hall–Kier alpha value is -1.98. The predicted octanol–water partition coefficient (Wildman–Crippen LogP) is 2.59. The number of hydrogen-bond donors (Lipinski definition) is 2. The smallest absolute Gasteiger partial charge is 0.238 e. The molecule has 0 saturated heterocycles. The Morgan fingerprint density at radius 1 is 1.45 bits per heavy atom. The molecule has 6 heteroatoms. The van der Waals surface area contributed by atoms with Crippen LogP contribution in [0.2, 0.25) is 5.02 Å². The van der Waals surface area contributed by atoms with Crippen molar-refractivity contribution in [2.45, 2.75) is 6.54 Å². The van der Waals surface area contributed by atoms with E-state index in [1.165, 1.54) is 0 Å². The van der Waals surface area contributed by atoms with Crippen molar-refractivity contribution in [1.82, 2.24) is 4.90 Å². The highest BCUT2D eigenvalue weighted by Gasteiger charge is 2.09. The van der Waals surface area contributed by atoms with E-state index >= 15 is 0 Å². The Kier molecular flexibility index (Phi) is 4.65. The summed E-state index contributed by atoms with van der Waals surface area (Å²) in [5.41, 5.74) is 6.75. The fraction of sp³-hybridized carbons (Fsp3) is 0.214. The second-order valence-electron chi connectivity index (χ2n) is 4.54. The van der Waals surface area contributed by atoms with E-state index < -0.39 is 0 Å². The monoisotopic (exact) mass is 293 g/mol. The molecule has 0 unspecified atom stereocenters. The minimum atomic E-state index is -0.124. The lowest BCUT2D eigenvalue weighted by Gasteiger charge is -2.15. The quantitative estimate of drug-likeness (QED) is 0.831. The van der Waals surface area contributed by atoms with Crippen molar-refractivity contribution < 1.29 is 9.21 Å². The molecule has 5 nitrogen and oxygen atoms in total. The summed E-state index contributed by atoms with van der Waals surface area (Å²) in [6, 6.07) is 8.68. The molecule has 20 heavy (non-hydrogen) atoms. The van der Waals surface area contributed by atoms with Crippen molar-refractivity contribution in [3.05, 3.63) is 47.4 Å². The summed E-state index contributed by atoms with van der Waals surface area (Å²) in [7, 11) is 1.85. The van der Waals surface area contributed by atoms with Gasteiger partial charge in [-0.2, -0.15) is 0 Å². The zero-order chi connectivity index (χ0) is 14.5. The van der Waals surface area contributed by atoms with Crippen LogP contribution in [0.3, 0.4) is 0 Å². The van der Waals surface area contributed by atoms with Gasteiger partial charge >= 0.3 is 0 Å². The SMILES string of the molecule is CN(CC(=O)Nc1ccc(Cl)c(N)c1)Cc1ccco1. The molecule has 2 rings (SSSR count). The summed E-state index contributed by atoms with van der Waals surface area (Å²) in [4.78, 5) is 13.7. The Morgan fingerprint density at radius 3 is 2.90 bits per heavy atom. The summed E-state index contributed by atoms with van der Waals surface area (Å²) in [5, 5.41) is 3.24. The van der Waals surface area contributed by atoms with E-state index in [1.807, 2.05) is 24.1 Å². The van der Waals surface area contributed by atoms with Gasteiger partial charge in [-0.3, -0.25) is 9.69 Å². The number of nitrogen functional groups attached to an aromatic ring is 1. The van der Waals surface area contributed by atoms with Crippen LogP contribution < -0.4 is 11.1 Å². The normalized spacial score (nSPS) is 10.8. The first kappa shape index (κ1) is 14.4. The van der Waals surface area contributed by atoms with Crippen molar-refractivity contribution >= 4 is 28.9 Å². The first-order chi connectivity index (χ1) is 9.54. The molecule has 1 amide bonds. The molecule has 3 N–H and O–H groups in total. The third-order valence-corrected chi connectivity index (χ3v) is 3.04. The van der Waals surface area contributed by atoms with Crippen LogP contribution in [0.15, 0.2) is 41.0 Å². The molecule has 0 fully saturated rings. The van der Waals surface area contributed by atoms with E-state index in [9.17, 15) is 4.79 Å². The zero-order valence-corrected chi connectivity index (χ0v) is 11.9. The molecule has 1 heterocycles. The first-order valence-corrected chi connectivity index (χ1v) is 6.48. The molecule has 0 spiro atoms. The summed E-state index contributed by atoms with van der Waals surface area (Å²) >= 11 is 5.82. The average Bonchev–Trinajstić information content (AvgIpc) is 2.86. The molecule has 2 aromatic rings. The number of hydrogen-bond acceptors (Lipinski definition) is 4. The molecular weight excluding hydrogens is 278 g/mol. The van der Waals surface area contributed by atoms with Crippen LogP contribution in [0.5, 0.6) is 0 Å². The van der Waals surface area contributed by atoms with Crippen LogP contribution >= 0.6 is 11.6 Å². The largest absolute Gasteiger partial charge is 0.468 e. The van der Waals surface area contributed by atoms with Crippen LogP contribution in [0.1, 0.15) is 5.76 Å². The van der Waals surface area contributed by atoms with Crippen molar-refractivity contribution in [2.75, 3.05) is 24.6 Å². The highest BCUT2D eigenvalue weighted by atomic mass is 35.5. The summed E-state index contributed by atoms with van der Waals surface area (Å²) in [6.45, 7) is 0.826. The Bertz CT molecular complexity index is 584. The summed E-state index contributed by atoms with van der Waals surface area (Å²) < 4.78 is 5.23. The number of carbonyl (C=O) groups is 1. The number of nitrogens with one attached hydrogen (secondary N) is 1. The van der Waals surface area contributed by atoms with Gasteiger partial charge in [0.2, 0.25) is 5.91 Å². The summed E-state index contributed by atoms with van der Waals surface area (Å²) in [5.74, 6) is 0.691. The van der Waals surface area contributed by atoms with Crippen LogP contribution in [0.25, 0.3) is 0 Å². The van der Waals surface area contributed by atoms with Crippen molar-refractivity contribution in [3.63, 3.8) is 0 Å². The topological polar surface area (TPSA) is 71.5 Å². The number of furan rings is 1. The van der Waals surface area contributed by atoms with Crippen LogP contribution in [-0.4, -0.2) is 24.4 Å². The highest BCUT2D eigenvalue weighted by Crippen LogP contribution is 2.22. The van der Waals surface area contributed by atoms with Gasteiger partial charge < -0.3 is 15.5 Å². The Morgan fingerprint density at radius 2 is 2.25 bits per heavy atom. The Labute approximate surface area is 122 Å². The molecule has 0 atom stereocenters. The van der Waals surface area contributed by atoms with Gasteiger partial charge in [0.25, 0.3) is 0 Å². The maximum atomic E-state index is 11.9. The van der Waals surface area contributed by atoms with Crippen LogP contribution in [-0.2, 0) is 11.3 Å². The van der Waals surface area contributed by atoms with E-state index in [1.54, 1.807) is 24.5 Å². The van der Waals surface area contributed by atoms with Gasteiger partial charge in [0, 0.05) is 5.69 Å². The number of carbonyl (C=O) groups excluding carboxylic acids is 1. The lowest BCUT2D eigenvalue weighted by molar-refractivity contribution is -0.117. The minimum absolute atomic E-state index is 0.124. The van der Waals surface area contributed by atoms with Gasteiger partial charge in [-0.25, -0.2) is 0 Å². The number of anilines is 2. The molecular formula is C14H16ClN3O2. The van der Waals surface area contributed by atoms with E-state index in [0.717, 1.165) is 5.76 Å². The van der Waals surface area contributed by atoms with E-state index in [-0.39, 0.29) is 12.5 Å².